The van der Waals surface area contributed by atoms with Crippen molar-refractivity contribution in [2.24, 2.45) is 0 Å². The molecular formula is C16H29NO3S. The fraction of sp³-hybridized carbons (Fsp3) is 0.750. The Morgan fingerprint density at radius 3 is 2.48 bits per heavy atom. The average molecular weight is 315 g/mol. The molecule has 1 atom stereocenters. The molecule has 0 aliphatic heterocycles. The summed E-state index contributed by atoms with van der Waals surface area (Å²) in [7, 11) is 0. The van der Waals surface area contributed by atoms with Gasteiger partial charge in [0, 0.05) is 0 Å². The van der Waals surface area contributed by atoms with Gasteiger partial charge in [0.15, 0.2) is 0 Å². The average Bonchev–Trinajstić information content (AvgIpc) is 2.46. The molecule has 0 aromatic heterocycles. The van der Waals surface area contributed by atoms with E-state index in [-0.39, 0.29) is 5.91 Å². The van der Waals surface area contributed by atoms with Crippen molar-refractivity contribution in [3.05, 3.63) is 12.2 Å². The summed E-state index contributed by atoms with van der Waals surface area (Å²) in [4.78, 5) is 22.6. The molecule has 0 saturated heterocycles. The highest BCUT2D eigenvalue weighted by Crippen LogP contribution is 2.07. The largest absolute Gasteiger partial charge is 0.480 e. The first-order valence-corrected chi connectivity index (χ1v) is 9.20. The van der Waals surface area contributed by atoms with E-state index in [9.17, 15) is 9.59 Å². The molecule has 0 heterocycles. The molecule has 5 heteroatoms. The zero-order chi connectivity index (χ0) is 15.9. The Labute approximate surface area is 132 Å². The summed E-state index contributed by atoms with van der Waals surface area (Å²) in [5.74, 6) is -0.560. The fourth-order valence-electron chi connectivity index (χ4n) is 1.95. The first-order chi connectivity index (χ1) is 10.1. The molecule has 0 radical (unpaired) electrons. The van der Waals surface area contributed by atoms with E-state index >= 15 is 0 Å². The van der Waals surface area contributed by atoms with Gasteiger partial charge in [-0.25, -0.2) is 4.79 Å². The van der Waals surface area contributed by atoms with Crippen LogP contribution in [0.3, 0.4) is 0 Å². The number of carbonyl (C=O) groups is 2. The Morgan fingerprint density at radius 1 is 1.19 bits per heavy atom. The number of nitrogens with one attached hydrogen (secondary N) is 1. The van der Waals surface area contributed by atoms with Gasteiger partial charge in [-0.1, -0.05) is 45.1 Å². The molecular weight excluding hydrogens is 286 g/mol. The number of thioether (sulfide) groups is 1. The van der Waals surface area contributed by atoms with Crippen LogP contribution >= 0.6 is 11.8 Å². The van der Waals surface area contributed by atoms with Crippen molar-refractivity contribution in [2.45, 2.75) is 64.3 Å². The summed E-state index contributed by atoms with van der Waals surface area (Å²) in [5.41, 5.74) is 0. The topological polar surface area (TPSA) is 66.4 Å². The Bertz CT molecular complexity index is 319. The SMILES string of the molecule is CCCCCCCCC=CC(=O)N[C@@H](CCSC)C(=O)O. The van der Waals surface area contributed by atoms with Gasteiger partial charge in [0.05, 0.1) is 0 Å². The number of hydrogen-bond acceptors (Lipinski definition) is 3. The van der Waals surface area contributed by atoms with Gasteiger partial charge in [-0.3, -0.25) is 4.79 Å². The van der Waals surface area contributed by atoms with Crippen LogP contribution < -0.4 is 5.32 Å². The molecule has 0 aromatic rings. The molecule has 21 heavy (non-hydrogen) atoms. The second-order valence-electron chi connectivity index (χ2n) is 5.14. The number of amides is 1. The van der Waals surface area contributed by atoms with Crippen molar-refractivity contribution >= 4 is 23.6 Å². The van der Waals surface area contributed by atoms with Crippen LogP contribution in [0.5, 0.6) is 0 Å². The molecule has 0 aliphatic rings. The maximum atomic E-state index is 11.6. The van der Waals surface area contributed by atoms with Crippen LogP contribution in [-0.2, 0) is 9.59 Å². The summed E-state index contributed by atoms with van der Waals surface area (Å²) in [6.45, 7) is 2.20. The standard InChI is InChI=1S/C16H29NO3S/c1-3-4-5-6-7-8-9-10-11-15(18)17-14(16(19)20)12-13-21-2/h10-11,14H,3-9,12-13H2,1-2H3,(H,17,18)(H,19,20)/t14-/m0/s1. The number of aliphatic carboxylic acids is 1. The second-order valence-corrected chi connectivity index (χ2v) is 6.13. The van der Waals surface area contributed by atoms with E-state index < -0.39 is 12.0 Å². The highest BCUT2D eigenvalue weighted by atomic mass is 32.2. The molecule has 0 aliphatic carbocycles. The molecule has 0 bridgehead atoms. The van der Waals surface area contributed by atoms with Gasteiger partial charge in [0.2, 0.25) is 5.91 Å². The van der Waals surface area contributed by atoms with E-state index in [0.717, 1.165) is 18.6 Å². The van der Waals surface area contributed by atoms with Crippen molar-refractivity contribution in [1.29, 1.82) is 0 Å². The molecule has 0 aromatic carbocycles. The number of carboxylic acids is 1. The zero-order valence-electron chi connectivity index (χ0n) is 13.3. The monoisotopic (exact) mass is 315 g/mol. The highest BCUT2D eigenvalue weighted by Gasteiger charge is 2.17. The maximum Gasteiger partial charge on any atom is 0.326 e. The van der Waals surface area contributed by atoms with Crippen molar-refractivity contribution in [2.75, 3.05) is 12.0 Å². The Morgan fingerprint density at radius 2 is 1.86 bits per heavy atom. The second kappa shape index (κ2) is 14.0. The molecule has 0 fully saturated rings. The predicted molar refractivity (Wildman–Crippen MR) is 89.7 cm³/mol. The number of allylic oxidation sites excluding steroid dienone is 1. The van der Waals surface area contributed by atoms with Crippen LogP contribution in [-0.4, -0.2) is 35.0 Å². The lowest BCUT2D eigenvalue weighted by molar-refractivity contribution is -0.141. The molecule has 1 amide bonds. The molecule has 2 N–H and O–H groups in total. The predicted octanol–water partition coefficient (Wildman–Crippen LogP) is 3.62. The first kappa shape index (κ1) is 20.0. The van der Waals surface area contributed by atoms with Crippen molar-refractivity contribution < 1.29 is 14.7 Å². The van der Waals surface area contributed by atoms with E-state index in [4.69, 9.17) is 5.11 Å². The third-order valence-electron chi connectivity index (χ3n) is 3.22. The molecule has 0 unspecified atom stereocenters. The van der Waals surface area contributed by atoms with Crippen LogP contribution in [0.15, 0.2) is 12.2 Å². The van der Waals surface area contributed by atoms with Crippen LogP contribution in [0, 0.1) is 0 Å². The third-order valence-corrected chi connectivity index (χ3v) is 3.86. The van der Waals surface area contributed by atoms with E-state index in [1.807, 2.05) is 12.3 Å². The smallest absolute Gasteiger partial charge is 0.326 e. The minimum Gasteiger partial charge on any atom is -0.480 e. The van der Waals surface area contributed by atoms with Crippen molar-refractivity contribution in [3.63, 3.8) is 0 Å². The van der Waals surface area contributed by atoms with Gasteiger partial charge in [-0.2, -0.15) is 11.8 Å². The maximum absolute atomic E-state index is 11.6. The lowest BCUT2D eigenvalue weighted by Crippen LogP contribution is -2.40. The summed E-state index contributed by atoms with van der Waals surface area (Å²) >= 11 is 1.57. The Hall–Kier alpha value is -0.970. The van der Waals surface area contributed by atoms with Gasteiger partial charge in [0.25, 0.3) is 0 Å². The lowest BCUT2D eigenvalue weighted by Gasteiger charge is -2.12. The van der Waals surface area contributed by atoms with Crippen LogP contribution in [0.1, 0.15) is 58.3 Å². The van der Waals surface area contributed by atoms with Crippen LogP contribution in [0.2, 0.25) is 0 Å². The molecule has 0 rings (SSSR count). The van der Waals surface area contributed by atoms with E-state index in [1.165, 1.54) is 38.2 Å². The van der Waals surface area contributed by atoms with E-state index in [1.54, 1.807) is 11.8 Å². The first-order valence-electron chi connectivity index (χ1n) is 7.80. The van der Waals surface area contributed by atoms with Gasteiger partial charge in [-0.15, -0.1) is 0 Å². The van der Waals surface area contributed by atoms with E-state index in [0.29, 0.717) is 6.42 Å². The summed E-state index contributed by atoms with van der Waals surface area (Å²) in [5, 5.41) is 11.5. The van der Waals surface area contributed by atoms with Gasteiger partial charge < -0.3 is 10.4 Å². The summed E-state index contributed by atoms with van der Waals surface area (Å²) in [6, 6.07) is -0.788. The zero-order valence-corrected chi connectivity index (χ0v) is 14.1. The number of carbonyl (C=O) groups excluding carboxylic acids is 1. The summed E-state index contributed by atoms with van der Waals surface area (Å²) in [6.07, 6.45) is 13.9. The van der Waals surface area contributed by atoms with Gasteiger partial charge in [0.1, 0.15) is 6.04 Å². The molecule has 122 valence electrons. The lowest BCUT2D eigenvalue weighted by atomic mass is 10.1. The van der Waals surface area contributed by atoms with E-state index in [2.05, 4.69) is 12.2 Å². The molecule has 0 saturated carbocycles. The number of carboxylic acid groups (broad SMARTS) is 1. The molecule has 0 spiro atoms. The number of unbranched alkanes of at least 4 members (excludes halogenated alkanes) is 6. The Kier molecular flexibility index (Phi) is 13.3. The Balaban J connectivity index is 3.79. The number of rotatable bonds is 13. The quantitative estimate of drug-likeness (QED) is 0.402. The minimum atomic E-state index is -0.971. The highest BCUT2D eigenvalue weighted by molar-refractivity contribution is 7.98. The normalized spacial score (nSPS) is 12.5. The van der Waals surface area contributed by atoms with Crippen molar-refractivity contribution in [3.8, 4) is 0 Å². The molecule has 4 nitrogen and oxygen atoms in total. The van der Waals surface area contributed by atoms with Crippen molar-refractivity contribution in [1.82, 2.24) is 5.32 Å². The third kappa shape index (κ3) is 12.5. The van der Waals surface area contributed by atoms with Crippen LogP contribution in [0.25, 0.3) is 0 Å². The van der Waals surface area contributed by atoms with Crippen LogP contribution in [0.4, 0.5) is 0 Å². The summed E-state index contributed by atoms with van der Waals surface area (Å²) < 4.78 is 0. The van der Waals surface area contributed by atoms with Gasteiger partial charge in [-0.05, 0) is 37.3 Å². The fourth-order valence-corrected chi connectivity index (χ4v) is 2.42. The van der Waals surface area contributed by atoms with Gasteiger partial charge >= 0.3 is 5.97 Å². The minimum absolute atomic E-state index is 0.311. The number of hydrogen-bond donors (Lipinski definition) is 2.